The molecule has 1 aliphatic heterocycles. The highest BCUT2D eigenvalue weighted by Crippen LogP contribution is 2.12. The van der Waals surface area contributed by atoms with E-state index in [1.54, 1.807) is 23.2 Å². The van der Waals surface area contributed by atoms with E-state index < -0.39 is 0 Å². The fourth-order valence-corrected chi connectivity index (χ4v) is 1.77. The summed E-state index contributed by atoms with van der Waals surface area (Å²) in [7, 11) is 0. The number of H-pyrrole nitrogens is 1. The third kappa shape index (κ3) is 1.80. The molecule has 1 aromatic rings. The van der Waals surface area contributed by atoms with Gasteiger partial charge in [-0.2, -0.15) is 0 Å². The van der Waals surface area contributed by atoms with E-state index in [9.17, 15) is 9.90 Å². The van der Waals surface area contributed by atoms with Crippen LogP contribution in [-0.2, 0) is 0 Å². The maximum absolute atomic E-state index is 11.8. The minimum absolute atomic E-state index is 0.0197. The molecule has 0 aliphatic carbocycles. The first-order valence-electron chi connectivity index (χ1n) is 4.88. The summed E-state index contributed by atoms with van der Waals surface area (Å²) < 4.78 is 0. The summed E-state index contributed by atoms with van der Waals surface area (Å²) in [4.78, 5) is 16.4. The van der Waals surface area contributed by atoms with Crippen molar-refractivity contribution in [2.24, 2.45) is 0 Å². The number of hydrogen-bond donors (Lipinski definition) is 2. The van der Waals surface area contributed by atoms with Crippen LogP contribution >= 0.6 is 0 Å². The van der Waals surface area contributed by atoms with Gasteiger partial charge >= 0.3 is 0 Å². The van der Waals surface area contributed by atoms with Gasteiger partial charge in [0.1, 0.15) is 5.69 Å². The number of amides is 1. The highest BCUT2D eigenvalue weighted by Gasteiger charge is 2.23. The number of nitrogens with one attached hydrogen (secondary N) is 1. The van der Waals surface area contributed by atoms with Crippen molar-refractivity contribution in [3.8, 4) is 0 Å². The van der Waals surface area contributed by atoms with E-state index in [-0.39, 0.29) is 12.0 Å². The van der Waals surface area contributed by atoms with Crippen molar-refractivity contribution < 1.29 is 9.90 Å². The number of likely N-dealkylation sites (tertiary alicyclic amines) is 1. The predicted octanol–water partition coefficient (Wildman–Crippen LogP) is 0.612. The molecule has 1 atom stereocenters. The van der Waals surface area contributed by atoms with Gasteiger partial charge in [-0.15, -0.1) is 0 Å². The number of carbonyl (C=O) groups excluding carboxylic acids is 1. The molecule has 0 spiro atoms. The average Bonchev–Trinajstić information content (AvgIpc) is 2.69. The first-order chi connectivity index (χ1) is 6.77. The SMILES string of the molecule is O=C(c1ccc[nH]1)N1CCC[C@H](O)C1. The minimum Gasteiger partial charge on any atom is -0.391 e. The van der Waals surface area contributed by atoms with Crippen molar-refractivity contribution in [1.29, 1.82) is 0 Å². The fraction of sp³-hybridized carbons (Fsp3) is 0.500. The maximum Gasteiger partial charge on any atom is 0.270 e. The Hall–Kier alpha value is -1.29. The number of carbonyl (C=O) groups is 1. The van der Waals surface area contributed by atoms with Gasteiger partial charge in [0.15, 0.2) is 0 Å². The molecular weight excluding hydrogens is 180 g/mol. The second-order valence-corrected chi connectivity index (χ2v) is 3.63. The molecule has 0 bridgehead atoms. The topological polar surface area (TPSA) is 56.3 Å². The lowest BCUT2D eigenvalue weighted by atomic mass is 10.1. The number of piperidine rings is 1. The van der Waals surface area contributed by atoms with E-state index in [0.29, 0.717) is 12.2 Å². The summed E-state index contributed by atoms with van der Waals surface area (Å²) in [5.74, 6) is -0.0197. The Bertz CT molecular complexity index is 308. The lowest BCUT2D eigenvalue weighted by molar-refractivity contribution is 0.0469. The molecule has 2 N–H and O–H groups in total. The molecule has 0 radical (unpaired) electrons. The molecule has 1 saturated heterocycles. The average molecular weight is 194 g/mol. The molecule has 76 valence electrons. The zero-order chi connectivity index (χ0) is 9.97. The van der Waals surface area contributed by atoms with Gasteiger partial charge in [-0.25, -0.2) is 0 Å². The number of β-amino-alcohol motifs (C(OH)–C–C–N with tert-alkyl or cyclic N) is 1. The summed E-state index contributed by atoms with van der Waals surface area (Å²) in [6.45, 7) is 1.20. The number of hydrogen-bond acceptors (Lipinski definition) is 2. The first kappa shape index (κ1) is 9.27. The van der Waals surface area contributed by atoms with E-state index in [4.69, 9.17) is 0 Å². The minimum atomic E-state index is -0.359. The van der Waals surface area contributed by atoms with Crippen LogP contribution in [0.2, 0.25) is 0 Å². The molecule has 0 saturated carbocycles. The van der Waals surface area contributed by atoms with Crippen LogP contribution in [0.4, 0.5) is 0 Å². The summed E-state index contributed by atoms with van der Waals surface area (Å²) >= 11 is 0. The number of aliphatic hydroxyl groups is 1. The second kappa shape index (κ2) is 3.84. The zero-order valence-corrected chi connectivity index (χ0v) is 7.94. The van der Waals surface area contributed by atoms with Gasteiger partial charge in [0, 0.05) is 19.3 Å². The van der Waals surface area contributed by atoms with Crippen LogP contribution in [0.3, 0.4) is 0 Å². The number of rotatable bonds is 1. The van der Waals surface area contributed by atoms with E-state index in [1.165, 1.54) is 0 Å². The van der Waals surface area contributed by atoms with Gasteiger partial charge < -0.3 is 15.0 Å². The van der Waals surface area contributed by atoms with Gasteiger partial charge in [0.25, 0.3) is 5.91 Å². The van der Waals surface area contributed by atoms with Crippen molar-refractivity contribution in [2.45, 2.75) is 18.9 Å². The summed E-state index contributed by atoms with van der Waals surface area (Å²) in [5.41, 5.74) is 0.596. The number of nitrogens with zero attached hydrogens (tertiary/aromatic N) is 1. The van der Waals surface area contributed by atoms with E-state index >= 15 is 0 Å². The molecule has 0 unspecified atom stereocenters. The molecule has 2 rings (SSSR count). The van der Waals surface area contributed by atoms with Crippen molar-refractivity contribution in [3.63, 3.8) is 0 Å². The maximum atomic E-state index is 11.8. The lowest BCUT2D eigenvalue weighted by Gasteiger charge is -2.29. The van der Waals surface area contributed by atoms with Gasteiger partial charge in [-0.1, -0.05) is 0 Å². The van der Waals surface area contributed by atoms with Crippen molar-refractivity contribution >= 4 is 5.91 Å². The van der Waals surface area contributed by atoms with Gasteiger partial charge in [0.2, 0.25) is 0 Å². The summed E-state index contributed by atoms with van der Waals surface area (Å²) in [5, 5.41) is 9.42. The molecule has 4 heteroatoms. The van der Waals surface area contributed by atoms with Crippen LogP contribution in [0.5, 0.6) is 0 Å². The second-order valence-electron chi connectivity index (χ2n) is 3.63. The Morgan fingerprint density at radius 2 is 2.50 bits per heavy atom. The normalized spacial score (nSPS) is 22.4. The Balaban J connectivity index is 2.04. The molecule has 1 fully saturated rings. The smallest absolute Gasteiger partial charge is 0.270 e. The number of aliphatic hydroxyl groups excluding tert-OH is 1. The van der Waals surface area contributed by atoms with Crippen molar-refractivity contribution in [2.75, 3.05) is 13.1 Å². The highest BCUT2D eigenvalue weighted by atomic mass is 16.3. The Labute approximate surface area is 82.5 Å². The highest BCUT2D eigenvalue weighted by molar-refractivity contribution is 5.92. The summed E-state index contributed by atoms with van der Waals surface area (Å²) in [6.07, 6.45) is 3.05. The van der Waals surface area contributed by atoms with E-state index in [0.717, 1.165) is 19.4 Å². The molecule has 1 aromatic heterocycles. The molecule has 0 aromatic carbocycles. The number of aromatic nitrogens is 1. The van der Waals surface area contributed by atoms with Crippen LogP contribution in [0.25, 0.3) is 0 Å². The summed E-state index contributed by atoms with van der Waals surface area (Å²) in [6, 6.07) is 3.55. The third-order valence-electron chi connectivity index (χ3n) is 2.51. The van der Waals surface area contributed by atoms with Crippen molar-refractivity contribution in [3.05, 3.63) is 24.0 Å². The fourth-order valence-electron chi connectivity index (χ4n) is 1.77. The number of aromatic amines is 1. The quantitative estimate of drug-likeness (QED) is 0.688. The van der Waals surface area contributed by atoms with Gasteiger partial charge in [-0.3, -0.25) is 4.79 Å². The molecular formula is C10H14N2O2. The molecule has 1 aliphatic rings. The van der Waals surface area contributed by atoms with E-state index in [2.05, 4.69) is 4.98 Å². The van der Waals surface area contributed by atoms with Gasteiger partial charge in [0.05, 0.1) is 6.10 Å². The predicted molar refractivity (Wildman–Crippen MR) is 51.9 cm³/mol. The molecule has 4 nitrogen and oxygen atoms in total. The standard InChI is InChI=1S/C10H14N2O2/c13-8-3-2-6-12(7-8)10(14)9-4-1-5-11-9/h1,4-5,8,11,13H,2-3,6-7H2/t8-/m0/s1. The molecule has 1 amide bonds. The monoisotopic (exact) mass is 194 g/mol. The Morgan fingerprint density at radius 3 is 3.14 bits per heavy atom. The van der Waals surface area contributed by atoms with Crippen LogP contribution in [0.1, 0.15) is 23.3 Å². The molecule has 14 heavy (non-hydrogen) atoms. The third-order valence-corrected chi connectivity index (χ3v) is 2.51. The van der Waals surface area contributed by atoms with Crippen LogP contribution in [0.15, 0.2) is 18.3 Å². The molecule has 2 heterocycles. The Morgan fingerprint density at radius 1 is 1.64 bits per heavy atom. The Kier molecular flexibility index (Phi) is 2.54. The van der Waals surface area contributed by atoms with Crippen LogP contribution in [-0.4, -0.2) is 40.1 Å². The van der Waals surface area contributed by atoms with E-state index in [1.807, 2.05) is 0 Å². The largest absolute Gasteiger partial charge is 0.391 e. The lowest BCUT2D eigenvalue weighted by Crippen LogP contribution is -2.42. The van der Waals surface area contributed by atoms with Crippen LogP contribution in [0, 0.1) is 0 Å². The first-order valence-corrected chi connectivity index (χ1v) is 4.88. The van der Waals surface area contributed by atoms with Crippen molar-refractivity contribution in [1.82, 2.24) is 9.88 Å². The van der Waals surface area contributed by atoms with Crippen LogP contribution < -0.4 is 0 Å². The van der Waals surface area contributed by atoms with Gasteiger partial charge in [-0.05, 0) is 25.0 Å². The zero-order valence-electron chi connectivity index (χ0n) is 7.94.